The van der Waals surface area contributed by atoms with Gasteiger partial charge in [-0.1, -0.05) is 20.8 Å². The number of alkyl carbamates (subject to hydrolysis) is 1. The SMILES string of the molecule is Cc1nc(C(C)(C)C)sc1C(=O)NC(C)(CNC(=O)OC(C)(C)C)C1CC1. The first-order valence-corrected chi connectivity index (χ1v) is 10.3. The largest absolute Gasteiger partial charge is 0.444 e. The molecule has 1 aromatic heterocycles. The van der Waals surface area contributed by atoms with E-state index < -0.39 is 17.2 Å². The molecule has 1 atom stereocenters. The second-order valence-electron chi connectivity index (χ2n) is 9.68. The summed E-state index contributed by atoms with van der Waals surface area (Å²) in [7, 11) is 0. The van der Waals surface area contributed by atoms with E-state index in [1.807, 2.05) is 34.6 Å². The molecule has 6 nitrogen and oxygen atoms in total. The van der Waals surface area contributed by atoms with E-state index in [4.69, 9.17) is 4.74 Å². The zero-order valence-corrected chi connectivity index (χ0v) is 18.6. The van der Waals surface area contributed by atoms with E-state index in [9.17, 15) is 9.59 Å². The highest BCUT2D eigenvalue weighted by Gasteiger charge is 2.43. The molecule has 1 aromatic rings. The van der Waals surface area contributed by atoms with Crippen molar-refractivity contribution in [2.24, 2.45) is 5.92 Å². The summed E-state index contributed by atoms with van der Waals surface area (Å²) in [6.45, 7) is 15.9. The first-order chi connectivity index (χ1) is 12.2. The minimum Gasteiger partial charge on any atom is -0.444 e. The number of hydrogen-bond donors (Lipinski definition) is 2. The van der Waals surface area contributed by atoms with E-state index in [0.29, 0.717) is 17.3 Å². The maximum absolute atomic E-state index is 12.9. The van der Waals surface area contributed by atoms with Crippen LogP contribution in [0.5, 0.6) is 0 Å². The van der Waals surface area contributed by atoms with Gasteiger partial charge in [-0.2, -0.15) is 0 Å². The third kappa shape index (κ3) is 5.92. The second-order valence-corrected chi connectivity index (χ2v) is 10.7. The number of amides is 2. The van der Waals surface area contributed by atoms with Gasteiger partial charge in [-0.3, -0.25) is 4.79 Å². The van der Waals surface area contributed by atoms with Crippen LogP contribution in [0.3, 0.4) is 0 Å². The van der Waals surface area contributed by atoms with Gasteiger partial charge in [0, 0.05) is 12.0 Å². The smallest absolute Gasteiger partial charge is 0.407 e. The fourth-order valence-corrected chi connectivity index (χ4v) is 3.84. The summed E-state index contributed by atoms with van der Waals surface area (Å²) >= 11 is 1.44. The number of thiazole rings is 1. The number of hydrogen-bond acceptors (Lipinski definition) is 5. The lowest BCUT2D eigenvalue weighted by Crippen LogP contribution is -2.55. The maximum atomic E-state index is 12.9. The number of nitrogens with one attached hydrogen (secondary N) is 2. The molecule has 27 heavy (non-hydrogen) atoms. The molecule has 2 rings (SSSR count). The highest BCUT2D eigenvalue weighted by Crippen LogP contribution is 2.40. The van der Waals surface area contributed by atoms with Crippen LogP contribution in [0.2, 0.25) is 0 Å². The topological polar surface area (TPSA) is 80.3 Å². The lowest BCUT2D eigenvalue weighted by Gasteiger charge is -2.31. The number of nitrogens with zero attached hydrogens (tertiary/aromatic N) is 1. The predicted molar refractivity (Wildman–Crippen MR) is 108 cm³/mol. The van der Waals surface area contributed by atoms with Gasteiger partial charge in [-0.25, -0.2) is 9.78 Å². The van der Waals surface area contributed by atoms with Gasteiger partial charge in [-0.15, -0.1) is 11.3 Å². The van der Waals surface area contributed by atoms with Crippen LogP contribution in [0.1, 0.15) is 81.7 Å². The summed E-state index contributed by atoms with van der Waals surface area (Å²) < 4.78 is 5.31. The zero-order chi connectivity index (χ0) is 20.6. The van der Waals surface area contributed by atoms with Crippen LogP contribution < -0.4 is 10.6 Å². The van der Waals surface area contributed by atoms with Gasteiger partial charge < -0.3 is 15.4 Å². The van der Waals surface area contributed by atoms with Crippen LogP contribution >= 0.6 is 11.3 Å². The molecule has 1 aliphatic carbocycles. The van der Waals surface area contributed by atoms with Crippen molar-refractivity contribution < 1.29 is 14.3 Å². The summed E-state index contributed by atoms with van der Waals surface area (Å²) in [5, 5.41) is 6.92. The predicted octanol–water partition coefficient (Wildman–Crippen LogP) is 4.17. The number of ether oxygens (including phenoxy) is 1. The van der Waals surface area contributed by atoms with Gasteiger partial charge in [0.15, 0.2) is 0 Å². The Bertz CT molecular complexity index is 711. The summed E-state index contributed by atoms with van der Waals surface area (Å²) in [6, 6.07) is 0. The van der Waals surface area contributed by atoms with E-state index in [0.717, 1.165) is 23.5 Å². The minimum absolute atomic E-state index is 0.0912. The van der Waals surface area contributed by atoms with Crippen LogP contribution in [0.25, 0.3) is 0 Å². The summed E-state index contributed by atoms with van der Waals surface area (Å²) in [4.78, 5) is 30.2. The first-order valence-electron chi connectivity index (χ1n) is 9.48. The van der Waals surface area contributed by atoms with Crippen molar-refractivity contribution in [3.8, 4) is 0 Å². The van der Waals surface area contributed by atoms with Crippen molar-refractivity contribution in [2.45, 2.75) is 84.8 Å². The van der Waals surface area contributed by atoms with Crippen LogP contribution in [0.4, 0.5) is 4.79 Å². The highest BCUT2D eigenvalue weighted by atomic mass is 32.1. The lowest BCUT2D eigenvalue weighted by molar-refractivity contribution is 0.0502. The molecular formula is C20H33N3O3S. The molecule has 1 aliphatic rings. The van der Waals surface area contributed by atoms with Crippen molar-refractivity contribution in [2.75, 3.05) is 6.54 Å². The van der Waals surface area contributed by atoms with Gasteiger partial charge in [-0.05, 0) is 53.4 Å². The molecule has 0 aliphatic heterocycles. The van der Waals surface area contributed by atoms with E-state index >= 15 is 0 Å². The second kappa shape index (κ2) is 7.41. The van der Waals surface area contributed by atoms with Crippen molar-refractivity contribution in [1.29, 1.82) is 0 Å². The molecular weight excluding hydrogens is 362 g/mol. The quantitative estimate of drug-likeness (QED) is 0.784. The molecule has 7 heteroatoms. The first kappa shape index (κ1) is 21.7. The Hall–Kier alpha value is -1.63. The fourth-order valence-electron chi connectivity index (χ4n) is 2.83. The molecule has 2 N–H and O–H groups in total. The maximum Gasteiger partial charge on any atom is 0.407 e. The van der Waals surface area contributed by atoms with Crippen molar-refractivity contribution in [3.05, 3.63) is 15.6 Å². The van der Waals surface area contributed by atoms with Crippen LogP contribution in [0.15, 0.2) is 0 Å². The molecule has 0 radical (unpaired) electrons. The Labute approximate surface area is 166 Å². The van der Waals surface area contributed by atoms with Gasteiger partial charge in [0.25, 0.3) is 5.91 Å². The van der Waals surface area contributed by atoms with Crippen molar-refractivity contribution in [3.63, 3.8) is 0 Å². The third-order valence-corrected chi connectivity index (χ3v) is 6.10. The molecule has 1 unspecified atom stereocenters. The normalized spacial score (nSPS) is 17.2. The standard InChI is InChI=1S/C20H33N3O3S/c1-12-14(27-16(22-12)18(2,3)4)15(24)23-20(8,13-9-10-13)11-21-17(25)26-19(5,6)7/h13H,9-11H2,1-8H3,(H,21,25)(H,23,24). The van der Waals surface area contributed by atoms with Gasteiger partial charge in [0.2, 0.25) is 0 Å². The molecule has 1 saturated carbocycles. The Morgan fingerprint density at radius 3 is 2.19 bits per heavy atom. The Balaban J connectivity index is 2.08. The molecule has 0 aromatic carbocycles. The molecule has 0 saturated heterocycles. The van der Waals surface area contributed by atoms with E-state index in [1.54, 1.807) is 0 Å². The van der Waals surface area contributed by atoms with E-state index in [-0.39, 0.29) is 11.3 Å². The molecule has 0 spiro atoms. The number of carbonyl (C=O) groups is 2. The minimum atomic E-state index is -0.549. The van der Waals surface area contributed by atoms with E-state index in [1.165, 1.54) is 11.3 Å². The Morgan fingerprint density at radius 1 is 1.15 bits per heavy atom. The highest BCUT2D eigenvalue weighted by molar-refractivity contribution is 7.14. The Kier molecular flexibility index (Phi) is 5.95. The van der Waals surface area contributed by atoms with Crippen LogP contribution in [0, 0.1) is 12.8 Å². The van der Waals surface area contributed by atoms with Crippen LogP contribution in [-0.2, 0) is 10.2 Å². The average molecular weight is 396 g/mol. The number of aromatic nitrogens is 1. The van der Waals surface area contributed by atoms with Crippen LogP contribution in [-0.4, -0.2) is 34.7 Å². The molecule has 1 fully saturated rings. The third-order valence-electron chi connectivity index (χ3n) is 4.52. The van der Waals surface area contributed by atoms with Crippen molar-refractivity contribution >= 4 is 23.3 Å². The average Bonchev–Trinajstić information content (AvgIpc) is 3.25. The lowest BCUT2D eigenvalue weighted by atomic mass is 9.95. The van der Waals surface area contributed by atoms with Gasteiger partial charge >= 0.3 is 6.09 Å². The number of carbonyl (C=O) groups excluding carboxylic acids is 2. The van der Waals surface area contributed by atoms with Gasteiger partial charge in [0.05, 0.1) is 16.2 Å². The summed E-state index contributed by atoms with van der Waals surface area (Å²) in [5.74, 6) is 0.229. The monoisotopic (exact) mass is 395 g/mol. The number of aryl methyl sites for hydroxylation is 1. The van der Waals surface area contributed by atoms with Crippen molar-refractivity contribution in [1.82, 2.24) is 15.6 Å². The molecule has 0 bridgehead atoms. The summed E-state index contributed by atoms with van der Waals surface area (Å²) in [6.07, 6.45) is 1.62. The fraction of sp³-hybridized carbons (Fsp3) is 0.750. The molecule has 1 heterocycles. The summed E-state index contributed by atoms with van der Waals surface area (Å²) in [5.41, 5.74) is -0.397. The molecule has 2 amide bonds. The molecule has 152 valence electrons. The number of rotatable bonds is 5. The Morgan fingerprint density at radius 2 is 1.74 bits per heavy atom. The van der Waals surface area contributed by atoms with Gasteiger partial charge in [0.1, 0.15) is 10.5 Å². The zero-order valence-electron chi connectivity index (χ0n) is 17.8. The van der Waals surface area contributed by atoms with E-state index in [2.05, 4.69) is 36.4 Å².